The van der Waals surface area contributed by atoms with Gasteiger partial charge in [-0.15, -0.1) is 0 Å². The summed E-state index contributed by atoms with van der Waals surface area (Å²) in [5.41, 5.74) is -0.428. The fraction of sp³-hybridized carbons (Fsp3) is 0.786. The third kappa shape index (κ3) is 3.94. The van der Waals surface area contributed by atoms with Crippen molar-refractivity contribution >= 4 is 11.8 Å². The van der Waals surface area contributed by atoms with Crippen LogP contribution in [0.4, 0.5) is 13.2 Å². The summed E-state index contributed by atoms with van der Waals surface area (Å²) in [5, 5.41) is 3.16. The number of alkyl halides is 3. The van der Waals surface area contributed by atoms with E-state index in [1.807, 2.05) is 6.26 Å². The number of aromatic nitrogens is 2. The molecule has 1 N–H and O–H groups in total. The molecule has 120 valence electrons. The average molecular weight is 321 g/mol. The lowest BCUT2D eigenvalue weighted by molar-refractivity contribution is -0.141. The van der Waals surface area contributed by atoms with E-state index in [9.17, 15) is 13.2 Å². The summed E-state index contributed by atoms with van der Waals surface area (Å²) in [5.74, 6) is 0.578. The molecule has 0 saturated carbocycles. The molecule has 3 nitrogen and oxygen atoms in total. The molecule has 2 heterocycles. The Labute approximate surface area is 127 Å². The summed E-state index contributed by atoms with van der Waals surface area (Å²) in [6.07, 6.45) is 0.101. The van der Waals surface area contributed by atoms with E-state index in [2.05, 4.69) is 24.1 Å². The molecule has 0 unspecified atom stereocenters. The Bertz CT molecular complexity index is 494. The number of aryl methyl sites for hydroxylation is 1. The standard InChI is InChI=1S/C14H22F3N3S/c1-13(2,21-3)9-18-8-10-12(14(15,16)17)19-11-6-4-5-7-20(10)11/h18H,4-9H2,1-3H3. The molecular weight excluding hydrogens is 299 g/mol. The molecule has 2 rings (SSSR count). The summed E-state index contributed by atoms with van der Waals surface area (Å²) in [7, 11) is 0. The molecule has 0 atom stereocenters. The predicted octanol–water partition coefficient (Wildman–Crippen LogP) is 3.47. The van der Waals surface area contributed by atoms with Crippen LogP contribution in [0.1, 0.15) is 43.9 Å². The quantitative estimate of drug-likeness (QED) is 0.900. The van der Waals surface area contributed by atoms with Crippen LogP contribution in [0.2, 0.25) is 0 Å². The van der Waals surface area contributed by atoms with Gasteiger partial charge in [0.2, 0.25) is 0 Å². The Hall–Kier alpha value is -0.690. The van der Waals surface area contributed by atoms with Crippen molar-refractivity contribution in [1.82, 2.24) is 14.9 Å². The van der Waals surface area contributed by atoms with Crippen molar-refractivity contribution in [2.24, 2.45) is 0 Å². The average Bonchev–Trinajstić information content (AvgIpc) is 2.78. The smallest absolute Gasteiger partial charge is 0.330 e. The first-order valence-electron chi connectivity index (χ1n) is 7.16. The lowest BCUT2D eigenvalue weighted by atomic mass is 10.1. The normalized spacial score (nSPS) is 16.1. The molecule has 1 aliphatic rings. The second-order valence-electron chi connectivity index (χ2n) is 6.00. The van der Waals surface area contributed by atoms with E-state index < -0.39 is 11.9 Å². The number of rotatable bonds is 5. The van der Waals surface area contributed by atoms with Crippen molar-refractivity contribution in [2.75, 3.05) is 12.8 Å². The van der Waals surface area contributed by atoms with Crippen LogP contribution in [0.5, 0.6) is 0 Å². The third-order valence-electron chi connectivity index (χ3n) is 3.85. The maximum absolute atomic E-state index is 13.2. The highest BCUT2D eigenvalue weighted by Gasteiger charge is 2.39. The highest BCUT2D eigenvalue weighted by molar-refractivity contribution is 7.99. The molecule has 1 aliphatic heterocycles. The van der Waals surface area contributed by atoms with Crippen LogP contribution in [-0.4, -0.2) is 27.1 Å². The first-order valence-corrected chi connectivity index (χ1v) is 8.38. The van der Waals surface area contributed by atoms with Crippen LogP contribution >= 0.6 is 11.8 Å². The van der Waals surface area contributed by atoms with Crippen LogP contribution in [0.3, 0.4) is 0 Å². The number of imidazole rings is 1. The Morgan fingerprint density at radius 3 is 2.62 bits per heavy atom. The maximum atomic E-state index is 13.2. The van der Waals surface area contributed by atoms with Crippen molar-refractivity contribution in [2.45, 2.75) is 57.1 Å². The zero-order chi connectivity index (χ0) is 15.7. The SMILES string of the molecule is CSC(C)(C)CNCc1c(C(F)(F)F)nc2n1CCCC2. The molecule has 0 saturated heterocycles. The monoisotopic (exact) mass is 321 g/mol. The molecule has 0 aliphatic carbocycles. The Morgan fingerprint density at radius 1 is 1.29 bits per heavy atom. The molecule has 0 amide bonds. The minimum Gasteiger partial charge on any atom is -0.330 e. The van der Waals surface area contributed by atoms with E-state index in [1.54, 1.807) is 16.3 Å². The van der Waals surface area contributed by atoms with Crippen LogP contribution in [0.25, 0.3) is 0 Å². The van der Waals surface area contributed by atoms with E-state index >= 15 is 0 Å². The number of hydrogen-bond donors (Lipinski definition) is 1. The van der Waals surface area contributed by atoms with E-state index in [1.165, 1.54) is 0 Å². The van der Waals surface area contributed by atoms with Crippen molar-refractivity contribution in [3.63, 3.8) is 0 Å². The van der Waals surface area contributed by atoms with Gasteiger partial charge >= 0.3 is 6.18 Å². The van der Waals surface area contributed by atoms with Gasteiger partial charge in [0.15, 0.2) is 5.69 Å². The Morgan fingerprint density at radius 2 is 2.00 bits per heavy atom. The topological polar surface area (TPSA) is 29.9 Å². The Balaban J connectivity index is 2.19. The highest BCUT2D eigenvalue weighted by atomic mass is 32.2. The first kappa shape index (κ1) is 16.7. The van der Waals surface area contributed by atoms with E-state index in [-0.39, 0.29) is 17.0 Å². The van der Waals surface area contributed by atoms with E-state index in [0.29, 0.717) is 25.3 Å². The zero-order valence-corrected chi connectivity index (χ0v) is 13.5. The van der Waals surface area contributed by atoms with Gasteiger partial charge < -0.3 is 9.88 Å². The van der Waals surface area contributed by atoms with Crippen LogP contribution < -0.4 is 5.32 Å². The third-order valence-corrected chi connectivity index (χ3v) is 5.10. The fourth-order valence-electron chi connectivity index (χ4n) is 2.51. The molecule has 0 spiro atoms. The minimum absolute atomic E-state index is 0.00312. The zero-order valence-electron chi connectivity index (χ0n) is 12.7. The van der Waals surface area contributed by atoms with Crippen molar-refractivity contribution in [1.29, 1.82) is 0 Å². The van der Waals surface area contributed by atoms with Gasteiger partial charge in [-0.1, -0.05) is 0 Å². The Kier molecular flexibility index (Phi) is 4.92. The second-order valence-corrected chi connectivity index (χ2v) is 7.51. The number of halogens is 3. The molecular formula is C14H22F3N3S. The minimum atomic E-state index is -4.38. The van der Waals surface area contributed by atoms with Gasteiger partial charge in [0, 0.05) is 30.8 Å². The molecule has 0 radical (unpaired) electrons. The van der Waals surface area contributed by atoms with Crippen molar-refractivity contribution < 1.29 is 13.2 Å². The number of fused-ring (bicyclic) bond motifs is 1. The van der Waals surface area contributed by atoms with Crippen LogP contribution in [-0.2, 0) is 25.7 Å². The summed E-state index contributed by atoms with van der Waals surface area (Å²) in [6.45, 7) is 5.65. The van der Waals surface area contributed by atoms with Gasteiger partial charge in [-0.2, -0.15) is 24.9 Å². The van der Waals surface area contributed by atoms with Gasteiger partial charge in [-0.3, -0.25) is 0 Å². The van der Waals surface area contributed by atoms with E-state index in [0.717, 1.165) is 12.8 Å². The molecule has 1 aromatic heterocycles. The molecule has 0 aromatic carbocycles. The number of thioether (sulfide) groups is 1. The van der Waals surface area contributed by atoms with Crippen molar-refractivity contribution in [3.05, 3.63) is 17.2 Å². The molecule has 21 heavy (non-hydrogen) atoms. The number of hydrogen-bond acceptors (Lipinski definition) is 3. The highest BCUT2D eigenvalue weighted by Crippen LogP contribution is 2.33. The van der Waals surface area contributed by atoms with Gasteiger partial charge in [0.05, 0.1) is 5.69 Å². The summed E-state index contributed by atoms with van der Waals surface area (Å²) in [6, 6.07) is 0. The predicted molar refractivity (Wildman–Crippen MR) is 79.5 cm³/mol. The lowest BCUT2D eigenvalue weighted by Gasteiger charge is -2.23. The van der Waals surface area contributed by atoms with Gasteiger partial charge in [0.1, 0.15) is 5.82 Å². The van der Waals surface area contributed by atoms with Crippen molar-refractivity contribution in [3.8, 4) is 0 Å². The number of nitrogens with zero attached hydrogens (tertiary/aromatic N) is 2. The molecule has 0 bridgehead atoms. The van der Waals surface area contributed by atoms with Crippen LogP contribution in [0.15, 0.2) is 0 Å². The van der Waals surface area contributed by atoms with Gasteiger partial charge in [-0.05, 0) is 32.9 Å². The van der Waals surface area contributed by atoms with E-state index in [4.69, 9.17) is 0 Å². The van der Waals surface area contributed by atoms with Gasteiger partial charge in [-0.25, -0.2) is 4.98 Å². The first-order chi connectivity index (χ1) is 9.74. The summed E-state index contributed by atoms with van der Waals surface area (Å²) >= 11 is 1.70. The fourth-order valence-corrected chi connectivity index (χ4v) is 2.75. The second kappa shape index (κ2) is 6.20. The van der Waals surface area contributed by atoms with Crippen LogP contribution in [0, 0.1) is 0 Å². The molecule has 7 heteroatoms. The number of nitrogens with one attached hydrogen (secondary N) is 1. The molecule has 0 fully saturated rings. The molecule has 1 aromatic rings. The van der Waals surface area contributed by atoms with Gasteiger partial charge in [0.25, 0.3) is 0 Å². The summed E-state index contributed by atoms with van der Waals surface area (Å²) < 4.78 is 41.2. The maximum Gasteiger partial charge on any atom is 0.435 e. The summed E-state index contributed by atoms with van der Waals surface area (Å²) in [4.78, 5) is 3.85. The largest absolute Gasteiger partial charge is 0.435 e. The lowest BCUT2D eigenvalue weighted by Crippen LogP contribution is -2.33.